The minimum atomic E-state index is -1.22. The summed E-state index contributed by atoms with van der Waals surface area (Å²) in [6.07, 6.45) is 1.35. The highest BCUT2D eigenvalue weighted by molar-refractivity contribution is 6.05. The second kappa shape index (κ2) is 15.1. The summed E-state index contributed by atoms with van der Waals surface area (Å²) in [5.41, 5.74) is -0.912. The number of likely N-dealkylation sites (N-methyl/N-ethyl adjacent to an activating group) is 1. The van der Waals surface area contributed by atoms with Crippen LogP contribution in [0.4, 0.5) is 9.18 Å². The average molecular weight is 625 g/mol. The Morgan fingerprint density at radius 3 is 2.51 bits per heavy atom. The maximum absolute atomic E-state index is 13.7. The fourth-order valence-corrected chi connectivity index (χ4v) is 4.54. The minimum absolute atomic E-state index is 0.0197. The third-order valence-electron chi connectivity index (χ3n) is 6.79. The smallest absolute Gasteiger partial charge is 0.417 e. The van der Waals surface area contributed by atoms with Gasteiger partial charge in [0, 0.05) is 38.0 Å². The van der Waals surface area contributed by atoms with Crippen molar-refractivity contribution in [1.82, 2.24) is 26.0 Å². The molecule has 3 atom stereocenters. The van der Waals surface area contributed by atoms with Crippen LogP contribution < -0.4 is 16.0 Å². The zero-order valence-corrected chi connectivity index (χ0v) is 25.8. The molecule has 240 valence electrons. The highest BCUT2D eigenvalue weighted by Crippen LogP contribution is 2.20. The van der Waals surface area contributed by atoms with E-state index in [9.17, 15) is 33.6 Å². The van der Waals surface area contributed by atoms with Crippen LogP contribution in [0.3, 0.4) is 0 Å². The third-order valence-corrected chi connectivity index (χ3v) is 6.79. The molecule has 3 N–H and O–H groups in total. The van der Waals surface area contributed by atoms with Crippen molar-refractivity contribution in [3.8, 4) is 6.07 Å². The van der Waals surface area contributed by atoms with E-state index in [1.54, 1.807) is 33.8 Å². The minimum Gasteiger partial charge on any atom is -0.443 e. The van der Waals surface area contributed by atoms with E-state index in [1.807, 2.05) is 0 Å². The fourth-order valence-electron chi connectivity index (χ4n) is 4.54. The summed E-state index contributed by atoms with van der Waals surface area (Å²) in [5, 5.41) is 21.6. The van der Waals surface area contributed by atoms with Gasteiger partial charge in [0.25, 0.3) is 11.8 Å². The molecule has 1 fully saturated rings. The lowest BCUT2D eigenvalue weighted by Gasteiger charge is -2.27. The van der Waals surface area contributed by atoms with Crippen LogP contribution in [0, 0.1) is 30.0 Å². The molecule has 0 aliphatic carbocycles. The molecule has 5 amide bonds. The van der Waals surface area contributed by atoms with E-state index in [0.717, 1.165) is 7.05 Å². The molecule has 0 radical (unpaired) electrons. The zero-order valence-electron chi connectivity index (χ0n) is 25.8. The van der Waals surface area contributed by atoms with Crippen molar-refractivity contribution in [1.29, 1.82) is 5.26 Å². The largest absolute Gasteiger partial charge is 0.443 e. The van der Waals surface area contributed by atoms with Crippen molar-refractivity contribution in [2.45, 2.75) is 71.1 Å². The Bertz CT molecular complexity index is 1490. The topological polar surface area (TPSA) is 184 Å². The lowest BCUT2D eigenvalue weighted by Crippen LogP contribution is -2.51. The van der Waals surface area contributed by atoms with Crippen molar-refractivity contribution in [3.63, 3.8) is 0 Å². The number of rotatable bonds is 10. The molecule has 2 aromatic rings. The number of nitrogens with zero attached hydrogens (tertiary/aromatic N) is 3. The SMILES string of the molecule is Cc1cc(C(=O)NC(Cc2ccc(F)cc2)C(=O)NC(C=C(C#N)C(=O)N(C)C(=O)OC(C)(C)C)CC2CCCNC2=O)no1. The summed E-state index contributed by atoms with van der Waals surface area (Å²) >= 11 is 0. The highest BCUT2D eigenvalue weighted by atomic mass is 19.1. The monoisotopic (exact) mass is 624 g/mol. The molecule has 14 heteroatoms. The van der Waals surface area contributed by atoms with Gasteiger partial charge in [-0.15, -0.1) is 0 Å². The van der Waals surface area contributed by atoms with Gasteiger partial charge in [-0.05, 0) is 70.7 Å². The number of aryl methyl sites for hydroxylation is 1. The number of halogens is 1. The number of nitriles is 1. The van der Waals surface area contributed by atoms with Crippen molar-refractivity contribution in [3.05, 3.63) is 64.8 Å². The molecule has 1 aromatic carbocycles. The molecule has 0 bridgehead atoms. The Kier molecular flexibility index (Phi) is 11.5. The number of benzene rings is 1. The molecule has 0 spiro atoms. The predicted octanol–water partition coefficient (Wildman–Crippen LogP) is 2.71. The molecule has 45 heavy (non-hydrogen) atoms. The number of carbonyl (C=O) groups excluding carboxylic acids is 5. The van der Waals surface area contributed by atoms with Crippen LogP contribution >= 0.6 is 0 Å². The summed E-state index contributed by atoms with van der Waals surface area (Å²) < 4.78 is 23.7. The third kappa shape index (κ3) is 10.3. The van der Waals surface area contributed by atoms with E-state index in [-0.39, 0.29) is 24.4 Å². The van der Waals surface area contributed by atoms with Gasteiger partial charge >= 0.3 is 6.09 Å². The molecule has 1 aliphatic heterocycles. The maximum Gasteiger partial charge on any atom is 0.417 e. The van der Waals surface area contributed by atoms with Crippen LogP contribution in [0.5, 0.6) is 0 Å². The van der Waals surface area contributed by atoms with Crippen LogP contribution in [0.2, 0.25) is 0 Å². The van der Waals surface area contributed by atoms with E-state index in [0.29, 0.717) is 35.6 Å². The lowest BCUT2D eigenvalue weighted by molar-refractivity contribution is -0.128. The second-order valence-corrected chi connectivity index (χ2v) is 11.7. The van der Waals surface area contributed by atoms with Gasteiger partial charge in [-0.2, -0.15) is 5.26 Å². The van der Waals surface area contributed by atoms with Crippen molar-refractivity contribution in [2.24, 2.45) is 5.92 Å². The number of ether oxygens (including phenoxy) is 1. The molecule has 1 aliphatic rings. The Morgan fingerprint density at radius 2 is 1.93 bits per heavy atom. The molecule has 1 aromatic heterocycles. The lowest BCUT2D eigenvalue weighted by atomic mass is 9.90. The Hall–Kier alpha value is -5.06. The van der Waals surface area contributed by atoms with Gasteiger partial charge in [0.05, 0.1) is 0 Å². The van der Waals surface area contributed by atoms with Gasteiger partial charge in [0.15, 0.2) is 5.69 Å². The number of carbonyl (C=O) groups is 5. The van der Waals surface area contributed by atoms with Crippen LogP contribution in [-0.2, 0) is 25.5 Å². The number of amides is 5. The summed E-state index contributed by atoms with van der Waals surface area (Å²) in [4.78, 5) is 65.5. The normalized spacial score (nSPS) is 16.4. The fraction of sp³-hybridized carbons (Fsp3) is 0.452. The van der Waals surface area contributed by atoms with E-state index in [4.69, 9.17) is 9.26 Å². The number of aromatic nitrogens is 1. The van der Waals surface area contributed by atoms with Crippen LogP contribution in [-0.4, -0.2) is 71.1 Å². The summed E-state index contributed by atoms with van der Waals surface area (Å²) in [6, 6.07) is 6.25. The summed E-state index contributed by atoms with van der Waals surface area (Å²) in [7, 11) is 1.16. The van der Waals surface area contributed by atoms with Crippen LogP contribution in [0.25, 0.3) is 0 Å². The number of piperidine rings is 1. The second-order valence-electron chi connectivity index (χ2n) is 11.7. The molecule has 2 heterocycles. The van der Waals surface area contributed by atoms with Crippen molar-refractivity contribution < 1.29 is 37.6 Å². The number of hydrogen-bond acceptors (Lipinski definition) is 9. The van der Waals surface area contributed by atoms with Gasteiger partial charge in [0.2, 0.25) is 11.8 Å². The van der Waals surface area contributed by atoms with Crippen LogP contribution in [0.1, 0.15) is 61.8 Å². The van der Waals surface area contributed by atoms with Gasteiger partial charge < -0.3 is 25.2 Å². The maximum atomic E-state index is 13.7. The first-order valence-corrected chi connectivity index (χ1v) is 14.4. The molecule has 13 nitrogen and oxygen atoms in total. The first kappa shape index (κ1) is 34.4. The Balaban J connectivity index is 1.92. The Morgan fingerprint density at radius 1 is 1.24 bits per heavy atom. The number of hydrogen-bond donors (Lipinski definition) is 3. The zero-order chi connectivity index (χ0) is 33.3. The quantitative estimate of drug-likeness (QED) is 0.264. The first-order chi connectivity index (χ1) is 21.2. The van der Waals surface area contributed by atoms with Gasteiger partial charge in [-0.3, -0.25) is 19.2 Å². The summed E-state index contributed by atoms with van der Waals surface area (Å²) in [6.45, 7) is 6.96. The van der Waals surface area contributed by atoms with Crippen LogP contribution in [0.15, 0.2) is 46.5 Å². The molecule has 3 rings (SSSR count). The standard InChI is InChI=1S/C31H37FN6O7/c1-18-13-25(37-45-18)28(41)36-24(14-19-8-10-22(32)11-9-19)27(40)35-23(15-20-7-6-12-34-26(20)39)16-21(17-33)29(42)38(5)30(43)44-31(2,3)4/h8-11,13,16,20,23-24H,6-7,12,14-15H2,1-5H3,(H,34,39)(H,35,40)(H,36,41). The van der Waals surface area contributed by atoms with Crippen molar-refractivity contribution >= 4 is 29.7 Å². The summed E-state index contributed by atoms with van der Waals surface area (Å²) in [5.74, 6) is -3.31. The van der Waals surface area contributed by atoms with Crippen molar-refractivity contribution in [2.75, 3.05) is 13.6 Å². The van der Waals surface area contributed by atoms with E-state index in [2.05, 4.69) is 21.1 Å². The molecular weight excluding hydrogens is 587 g/mol. The van der Waals surface area contributed by atoms with Gasteiger partial charge in [-0.1, -0.05) is 17.3 Å². The predicted molar refractivity (Wildman–Crippen MR) is 158 cm³/mol. The first-order valence-electron chi connectivity index (χ1n) is 14.4. The van der Waals surface area contributed by atoms with Gasteiger partial charge in [-0.25, -0.2) is 14.1 Å². The Labute approximate surface area is 260 Å². The average Bonchev–Trinajstić information content (AvgIpc) is 3.42. The highest BCUT2D eigenvalue weighted by Gasteiger charge is 2.31. The van der Waals surface area contributed by atoms with Gasteiger partial charge in [0.1, 0.15) is 34.9 Å². The number of imide groups is 1. The molecule has 0 saturated carbocycles. The molecule has 3 unspecified atom stereocenters. The number of nitrogens with one attached hydrogen (secondary N) is 3. The molecular formula is C31H37FN6O7. The molecule has 1 saturated heterocycles. The van der Waals surface area contributed by atoms with E-state index in [1.165, 1.54) is 36.4 Å². The van der Waals surface area contributed by atoms with E-state index < -0.39 is 58.8 Å². The van der Waals surface area contributed by atoms with E-state index >= 15 is 0 Å².